The van der Waals surface area contributed by atoms with Gasteiger partial charge in [0.2, 0.25) is 0 Å². The molecule has 0 amide bonds. The zero-order chi connectivity index (χ0) is 26.2. The highest BCUT2D eigenvalue weighted by Gasteiger charge is 2.26. The van der Waals surface area contributed by atoms with Gasteiger partial charge in [0.05, 0.1) is 19.3 Å². The molecule has 1 aromatic heterocycles. The molecule has 8 heteroatoms. The van der Waals surface area contributed by atoms with Gasteiger partial charge in [-0.25, -0.2) is 9.18 Å². The maximum atomic E-state index is 14.3. The van der Waals surface area contributed by atoms with E-state index in [1.165, 1.54) is 12.1 Å². The van der Waals surface area contributed by atoms with Crippen LogP contribution in [0.5, 0.6) is 0 Å². The average molecular weight is 511 g/mol. The Balaban J connectivity index is 1.62. The Morgan fingerprint density at radius 1 is 1.05 bits per heavy atom. The van der Waals surface area contributed by atoms with Gasteiger partial charge < -0.3 is 20.1 Å². The Hall–Kier alpha value is -3.07. The molecule has 0 aliphatic heterocycles. The summed E-state index contributed by atoms with van der Waals surface area (Å²) in [7, 11) is 0. The third-order valence-corrected chi connectivity index (χ3v) is 7.12. The van der Waals surface area contributed by atoms with E-state index in [0.717, 1.165) is 53.8 Å². The summed E-state index contributed by atoms with van der Waals surface area (Å²) in [5, 5.41) is 33.3. The number of benzene rings is 2. The van der Waals surface area contributed by atoms with Gasteiger partial charge in [-0.1, -0.05) is 42.5 Å². The maximum absolute atomic E-state index is 14.3. The molecule has 0 bridgehead atoms. The minimum atomic E-state index is -0.950. The normalized spacial score (nSPS) is 18.6. The molecule has 4 rings (SSSR count). The van der Waals surface area contributed by atoms with Gasteiger partial charge in [-0.3, -0.25) is 4.68 Å². The molecule has 2 aromatic carbocycles. The van der Waals surface area contributed by atoms with Crippen molar-refractivity contribution in [1.29, 1.82) is 0 Å². The van der Waals surface area contributed by atoms with E-state index in [4.69, 9.17) is 14.9 Å². The predicted molar refractivity (Wildman–Crippen MR) is 138 cm³/mol. The Bertz CT molecular complexity index is 1160. The first-order chi connectivity index (χ1) is 17.9. The van der Waals surface area contributed by atoms with E-state index in [2.05, 4.69) is 0 Å². The SMILES string of the molecule is O=C(O)COCC1CCC(Cn2nc(-c3ccccc3)c(-c3cccc(F)c3)c2CCC(O)CO)CC1. The number of aliphatic hydroxyl groups is 2. The average Bonchev–Trinajstić information content (AvgIpc) is 3.26. The number of nitrogens with zero attached hydrogens (tertiary/aromatic N) is 2. The number of aromatic nitrogens is 2. The van der Waals surface area contributed by atoms with E-state index in [0.29, 0.717) is 37.8 Å². The van der Waals surface area contributed by atoms with Gasteiger partial charge in [-0.2, -0.15) is 5.10 Å². The van der Waals surface area contributed by atoms with Crippen LogP contribution < -0.4 is 0 Å². The predicted octanol–water partition coefficient (Wildman–Crippen LogP) is 4.55. The molecule has 0 radical (unpaired) electrons. The summed E-state index contributed by atoms with van der Waals surface area (Å²) in [6, 6.07) is 16.3. The quantitative estimate of drug-likeness (QED) is 0.330. The van der Waals surface area contributed by atoms with Crippen molar-refractivity contribution in [3.05, 3.63) is 66.1 Å². The summed E-state index contributed by atoms with van der Waals surface area (Å²) >= 11 is 0. The van der Waals surface area contributed by atoms with E-state index in [1.807, 2.05) is 41.1 Å². The van der Waals surface area contributed by atoms with Crippen LogP contribution in [0.25, 0.3) is 22.4 Å². The second-order valence-corrected chi connectivity index (χ2v) is 9.90. The van der Waals surface area contributed by atoms with Crippen LogP contribution in [0.3, 0.4) is 0 Å². The Kier molecular flexibility index (Phi) is 9.44. The number of ether oxygens (including phenoxy) is 1. The van der Waals surface area contributed by atoms with E-state index in [1.54, 1.807) is 6.07 Å². The lowest BCUT2D eigenvalue weighted by Gasteiger charge is -2.28. The summed E-state index contributed by atoms with van der Waals surface area (Å²) in [5.41, 5.74) is 4.22. The molecular formula is C29H35FN2O5. The minimum absolute atomic E-state index is 0.263. The largest absolute Gasteiger partial charge is 0.480 e. The number of hydrogen-bond acceptors (Lipinski definition) is 5. The molecule has 0 saturated heterocycles. The van der Waals surface area contributed by atoms with Crippen LogP contribution in [-0.2, 0) is 22.5 Å². The zero-order valence-electron chi connectivity index (χ0n) is 20.9. The lowest BCUT2D eigenvalue weighted by Crippen LogP contribution is -2.24. The number of rotatable bonds is 12. The molecule has 1 fully saturated rings. The first-order valence-corrected chi connectivity index (χ1v) is 12.9. The fourth-order valence-electron chi connectivity index (χ4n) is 5.18. The van der Waals surface area contributed by atoms with Crippen molar-refractivity contribution in [2.24, 2.45) is 11.8 Å². The fourth-order valence-corrected chi connectivity index (χ4v) is 5.18. The first-order valence-electron chi connectivity index (χ1n) is 12.9. The summed E-state index contributed by atoms with van der Waals surface area (Å²) in [4.78, 5) is 10.7. The molecule has 1 aliphatic carbocycles. The number of carbonyl (C=O) groups is 1. The highest BCUT2D eigenvalue weighted by molar-refractivity contribution is 5.82. The zero-order valence-corrected chi connectivity index (χ0v) is 20.9. The number of hydrogen-bond donors (Lipinski definition) is 3. The van der Waals surface area contributed by atoms with Crippen molar-refractivity contribution in [3.8, 4) is 22.4 Å². The van der Waals surface area contributed by atoms with Crippen molar-refractivity contribution in [3.63, 3.8) is 0 Å². The van der Waals surface area contributed by atoms with Crippen LogP contribution in [0.4, 0.5) is 4.39 Å². The number of carboxylic acids is 1. The van der Waals surface area contributed by atoms with Crippen molar-refractivity contribution in [1.82, 2.24) is 9.78 Å². The first kappa shape index (κ1) is 27.0. The molecule has 0 spiro atoms. The van der Waals surface area contributed by atoms with Crippen LogP contribution >= 0.6 is 0 Å². The Morgan fingerprint density at radius 2 is 1.76 bits per heavy atom. The Labute approximate surface area is 216 Å². The van der Waals surface area contributed by atoms with Crippen molar-refractivity contribution < 1.29 is 29.2 Å². The van der Waals surface area contributed by atoms with Crippen LogP contribution in [0, 0.1) is 17.7 Å². The summed E-state index contributed by atoms with van der Waals surface area (Å²) in [6.45, 7) is 0.583. The molecule has 1 aliphatic rings. The van der Waals surface area contributed by atoms with Crippen molar-refractivity contribution in [2.75, 3.05) is 19.8 Å². The number of carboxylic acid groups (broad SMARTS) is 1. The molecule has 3 aromatic rings. The van der Waals surface area contributed by atoms with E-state index < -0.39 is 12.1 Å². The van der Waals surface area contributed by atoms with E-state index in [-0.39, 0.29) is 19.0 Å². The third kappa shape index (κ3) is 7.25. The van der Waals surface area contributed by atoms with Gasteiger partial charge in [-0.05, 0) is 68.1 Å². The molecule has 1 saturated carbocycles. The molecule has 7 nitrogen and oxygen atoms in total. The standard InChI is InChI=1S/C29H35FN2O5/c30-24-8-4-7-23(15-24)28-26(14-13-25(34)17-33)32(31-29(28)22-5-2-1-3-6-22)16-20-9-11-21(12-10-20)18-37-19-27(35)36/h1-8,15,20-21,25,33-34H,9-14,16-19H2,(H,35,36). The number of halogens is 1. The van der Waals surface area contributed by atoms with Crippen LogP contribution in [0.15, 0.2) is 54.6 Å². The van der Waals surface area contributed by atoms with Gasteiger partial charge >= 0.3 is 5.97 Å². The minimum Gasteiger partial charge on any atom is -0.480 e. The smallest absolute Gasteiger partial charge is 0.329 e. The molecule has 1 unspecified atom stereocenters. The molecule has 37 heavy (non-hydrogen) atoms. The third-order valence-electron chi connectivity index (χ3n) is 7.12. The van der Waals surface area contributed by atoms with E-state index >= 15 is 0 Å². The molecule has 3 N–H and O–H groups in total. The van der Waals surface area contributed by atoms with Crippen molar-refractivity contribution >= 4 is 5.97 Å². The van der Waals surface area contributed by atoms with Crippen LogP contribution in [0.2, 0.25) is 0 Å². The summed E-state index contributed by atoms with van der Waals surface area (Å²) in [5.74, 6) is -0.528. The number of aliphatic carboxylic acids is 1. The monoisotopic (exact) mass is 510 g/mol. The van der Waals surface area contributed by atoms with Gasteiger partial charge in [0, 0.05) is 23.4 Å². The Morgan fingerprint density at radius 3 is 2.43 bits per heavy atom. The topological polar surface area (TPSA) is 105 Å². The lowest BCUT2D eigenvalue weighted by atomic mass is 9.82. The molecule has 198 valence electrons. The second kappa shape index (κ2) is 12.9. The van der Waals surface area contributed by atoms with Crippen LogP contribution in [0.1, 0.15) is 37.8 Å². The highest BCUT2D eigenvalue weighted by atomic mass is 19.1. The number of aliphatic hydroxyl groups excluding tert-OH is 2. The second-order valence-electron chi connectivity index (χ2n) is 9.90. The lowest BCUT2D eigenvalue weighted by molar-refractivity contribution is -0.142. The molecular weight excluding hydrogens is 475 g/mol. The summed E-state index contributed by atoms with van der Waals surface area (Å²) in [6.07, 6.45) is 3.91. The molecule has 1 atom stereocenters. The van der Waals surface area contributed by atoms with Gasteiger partial charge in [0.1, 0.15) is 18.1 Å². The van der Waals surface area contributed by atoms with Crippen molar-refractivity contribution in [2.45, 2.75) is 51.2 Å². The maximum Gasteiger partial charge on any atom is 0.329 e. The van der Waals surface area contributed by atoms with E-state index in [9.17, 15) is 19.4 Å². The fraction of sp³-hybridized carbons (Fsp3) is 0.448. The molecule has 1 heterocycles. The highest BCUT2D eigenvalue weighted by Crippen LogP contribution is 2.37. The summed E-state index contributed by atoms with van der Waals surface area (Å²) < 4.78 is 21.6. The van der Waals surface area contributed by atoms with Gasteiger partial charge in [-0.15, -0.1) is 0 Å². The van der Waals surface area contributed by atoms with Crippen LogP contribution in [-0.4, -0.2) is 57.0 Å². The van der Waals surface area contributed by atoms with Gasteiger partial charge in [0.15, 0.2) is 0 Å². The van der Waals surface area contributed by atoms with Gasteiger partial charge in [0.25, 0.3) is 0 Å².